The molecule has 60 valence electrons. The lowest BCUT2D eigenvalue weighted by Crippen LogP contribution is -2.11. The van der Waals surface area contributed by atoms with Crippen molar-refractivity contribution in [2.24, 2.45) is 5.73 Å². The summed E-state index contributed by atoms with van der Waals surface area (Å²) in [5.41, 5.74) is 5.14. The molecule has 0 aromatic heterocycles. The maximum Gasteiger partial charge on any atom is 0.173 e. The topological polar surface area (TPSA) is 60.2 Å². The molecule has 0 aliphatic carbocycles. The Bertz CT molecular complexity index is 206. The fraction of sp³-hybridized carbons (Fsp3) is 0.667. The van der Waals surface area contributed by atoms with Gasteiger partial charge in [0.2, 0.25) is 0 Å². The quantitative estimate of drug-likeness (QED) is 0.647. The van der Waals surface area contributed by atoms with Crippen molar-refractivity contribution in [2.75, 3.05) is 12.3 Å². The first kappa shape index (κ1) is 9.65. The van der Waals surface area contributed by atoms with E-state index < -0.39 is 9.84 Å². The molecule has 0 radical (unpaired) electrons. The fourth-order valence-corrected chi connectivity index (χ4v) is 1.34. The van der Waals surface area contributed by atoms with E-state index in [1.54, 1.807) is 0 Å². The van der Waals surface area contributed by atoms with E-state index in [4.69, 9.17) is 5.73 Å². The molecule has 0 aliphatic rings. The first-order valence-corrected chi connectivity index (χ1v) is 4.74. The predicted octanol–water partition coefficient (Wildman–Crippen LogP) is 0.284. The number of allylic oxidation sites excluding steroid dienone is 1. The van der Waals surface area contributed by atoms with Crippen LogP contribution in [0.4, 0.5) is 0 Å². The van der Waals surface area contributed by atoms with E-state index in [9.17, 15) is 8.42 Å². The Morgan fingerprint density at radius 1 is 1.60 bits per heavy atom. The zero-order valence-electron chi connectivity index (χ0n) is 6.13. The largest absolute Gasteiger partial charge is 0.330 e. The minimum Gasteiger partial charge on any atom is -0.330 e. The number of rotatable bonds is 4. The highest BCUT2D eigenvalue weighted by Gasteiger charge is 2.09. The Morgan fingerprint density at radius 2 is 2.10 bits per heavy atom. The molecule has 0 saturated carbocycles. The summed E-state index contributed by atoms with van der Waals surface area (Å²) in [6, 6.07) is 0. The van der Waals surface area contributed by atoms with Crippen molar-refractivity contribution in [3.63, 3.8) is 0 Å². The van der Waals surface area contributed by atoms with Gasteiger partial charge in [-0.25, -0.2) is 8.42 Å². The van der Waals surface area contributed by atoms with Crippen LogP contribution in [-0.4, -0.2) is 20.7 Å². The molecule has 0 heterocycles. The van der Waals surface area contributed by atoms with E-state index in [0.29, 0.717) is 13.0 Å². The molecule has 0 rings (SSSR count). The zero-order valence-corrected chi connectivity index (χ0v) is 6.95. The first-order chi connectivity index (χ1) is 4.50. The smallest absolute Gasteiger partial charge is 0.173 e. The average Bonchev–Trinajstić information content (AvgIpc) is 1.84. The summed E-state index contributed by atoms with van der Waals surface area (Å²) in [6.07, 6.45) is 0.509. The molecule has 0 aromatic rings. The van der Waals surface area contributed by atoms with Crippen molar-refractivity contribution >= 4 is 9.84 Å². The third-order valence-corrected chi connectivity index (χ3v) is 3.04. The molecule has 0 saturated heterocycles. The molecule has 3 nitrogen and oxygen atoms in total. The van der Waals surface area contributed by atoms with E-state index in [2.05, 4.69) is 6.58 Å². The highest BCUT2D eigenvalue weighted by molar-refractivity contribution is 7.95. The van der Waals surface area contributed by atoms with E-state index >= 15 is 0 Å². The summed E-state index contributed by atoms with van der Waals surface area (Å²) >= 11 is 0. The van der Waals surface area contributed by atoms with Gasteiger partial charge in [0.1, 0.15) is 0 Å². The molecular weight excluding hydrogens is 150 g/mol. The van der Waals surface area contributed by atoms with Gasteiger partial charge in [0, 0.05) is 4.91 Å². The van der Waals surface area contributed by atoms with Crippen molar-refractivity contribution in [3.8, 4) is 0 Å². The van der Waals surface area contributed by atoms with Gasteiger partial charge in [0.25, 0.3) is 0 Å². The van der Waals surface area contributed by atoms with Crippen LogP contribution in [-0.2, 0) is 9.84 Å². The molecule has 4 heteroatoms. The van der Waals surface area contributed by atoms with E-state index in [-0.39, 0.29) is 10.7 Å². The van der Waals surface area contributed by atoms with Gasteiger partial charge in [-0.1, -0.05) is 6.58 Å². The normalized spacial score (nSPS) is 11.4. The summed E-state index contributed by atoms with van der Waals surface area (Å²) in [4.78, 5) is 0.223. The molecule has 10 heavy (non-hydrogen) atoms. The van der Waals surface area contributed by atoms with Crippen molar-refractivity contribution in [1.29, 1.82) is 0 Å². The monoisotopic (exact) mass is 163 g/mol. The highest BCUT2D eigenvalue weighted by Crippen LogP contribution is 2.03. The van der Waals surface area contributed by atoms with Crippen LogP contribution in [0, 0.1) is 0 Å². The third-order valence-electron chi connectivity index (χ3n) is 1.15. The van der Waals surface area contributed by atoms with E-state index in [1.165, 1.54) is 6.92 Å². The molecule has 0 fully saturated rings. The van der Waals surface area contributed by atoms with E-state index in [0.717, 1.165) is 0 Å². The Morgan fingerprint density at radius 3 is 2.40 bits per heavy atom. The second kappa shape index (κ2) is 3.73. The fourth-order valence-electron chi connectivity index (χ4n) is 0.448. The summed E-state index contributed by atoms with van der Waals surface area (Å²) < 4.78 is 21.9. The van der Waals surface area contributed by atoms with Gasteiger partial charge in [-0.05, 0) is 19.9 Å². The van der Waals surface area contributed by atoms with Crippen LogP contribution in [0.3, 0.4) is 0 Å². The molecule has 0 unspecified atom stereocenters. The van der Waals surface area contributed by atoms with Crippen molar-refractivity contribution < 1.29 is 8.42 Å². The van der Waals surface area contributed by atoms with Gasteiger partial charge in [0.15, 0.2) is 9.84 Å². The molecular formula is C6H13NO2S. The molecule has 0 amide bonds. The lowest BCUT2D eigenvalue weighted by atomic mass is 10.5. The SMILES string of the molecule is C=C(C)S(=O)(=O)CCCN. The van der Waals surface area contributed by atoms with E-state index in [1.807, 2.05) is 0 Å². The number of nitrogens with two attached hydrogens (primary N) is 1. The lowest BCUT2D eigenvalue weighted by Gasteiger charge is -1.99. The van der Waals surface area contributed by atoms with Crippen LogP contribution in [0.25, 0.3) is 0 Å². The second-order valence-electron chi connectivity index (χ2n) is 2.16. The van der Waals surface area contributed by atoms with Crippen LogP contribution in [0.15, 0.2) is 11.5 Å². The van der Waals surface area contributed by atoms with Crippen LogP contribution in [0.5, 0.6) is 0 Å². The van der Waals surface area contributed by atoms with Gasteiger partial charge in [-0.3, -0.25) is 0 Å². The van der Waals surface area contributed by atoms with Crippen LogP contribution < -0.4 is 5.73 Å². The minimum atomic E-state index is -3.03. The Balaban J connectivity index is 4.03. The zero-order chi connectivity index (χ0) is 8.20. The van der Waals surface area contributed by atoms with Gasteiger partial charge in [-0.15, -0.1) is 0 Å². The van der Waals surface area contributed by atoms with Crippen LogP contribution in [0.1, 0.15) is 13.3 Å². The molecule has 0 aliphatic heterocycles. The molecule has 0 aromatic carbocycles. The molecule has 0 spiro atoms. The maximum atomic E-state index is 10.9. The predicted molar refractivity (Wildman–Crippen MR) is 42.3 cm³/mol. The third kappa shape index (κ3) is 2.98. The van der Waals surface area contributed by atoms with Gasteiger partial charge >= 0.3 is 0 Å². The Kier molecular flexibility index (Phi) is 3.60. The molecule has 0 atom stereocenters. The van der Waals surface area contributed by atoms with Crippen LogP contribution >= 0.6 is 0 Å². The molecule has 2 N–H and O–H groups in total. The maximum absolute atomic E-state index is 10.9. The summed E-state index contributed by atoms with van der Waals surface area (Å²) in [6.45, 7) is 5.25. The number of hydrogen-bond donors (Lipinski definition) is 1. The summed E-state index contributed by atoms with van der Waals surface area (Å²) in [7, 11) is -3.03. The second-order valence-corrected chi connectivity index (χ2v) is 4.50. The average molecular weight is 163 g/mol. The lowest BCUT2D eigenvalue weighted by molar-refractivity contribution is 0.599. The highest BCUT2D eigenvalue weighted by atomic mass is 32.2. The minimum absolute atomic E-state index is 0.124. The summed E-state index contributed by atoms with van der Waals surface area (Å²) in [5.74, 6) is 0.124. The summed E-state index contributed by atoms with van der Waals surface area (Å²) in [5, 5.41) is 0. The Labute approximate surface area is 61.8 Å². The standard InChI is InChI=1S/C6H13NO2S/c1-6(2)10(8,9)5-3-4-7/h1,3-5,7H2,2H3. The van der Waals surface area contributed by atoms with Crippen LogP contribution in [0.2, 0.25) is 0 Å². The van der Waals surface area contributed by atoms with Gasteiger partial charge in [0.05, 0.1) is 5.75 Å². The van der Waals surface area contributed by atoms with Crippen molar-refractivity contribution in [2.45, 2.75) is 13.3 Å². The number of sulfone groups is 1. The number of hydrogen-bond acceptors (Lipinski definition) is 3. The Hall–Kier alpha value is -0.350. The first-order valence-electron chi connectivity index (χ1n) is 3.09. The van der Waals surface area contributed by atoms with Gasteiger partial charge < -0.3 is 5.73 Å². The van der Waals surface area contributed by atoms with Crippen molar-refractivity contribution in [3.05, 3.63) is 11.5 Å². The van der Waals surface area contributed by atoms with Gasteiger partial charge in [-0.2, -0.15) is 0 Å². The molecule has 0 bridgehead atoms. The van der Waals surface area contributed by atoms with Crippen molar-refractivity contribution in [1.82, 2.24) is 0 Å².